The maximum Gasteiger partial charge on any atom is 0.159 e. The molecule has 1 atom stereocenters. The van der Waals surface area contributed by atoms with Crippen molar-refractivity contribution in [2.75, 3.05) is 0 Å². The van der Waals surface area contributed by atoms with Gasteiger partial charge in [0.25, 0.3) is 0 Å². The van der Waals surface area contributed by atoms with Crippen LogP contribution in [-0.4, -0.2) is 13.1 Å². The zero-order chi connectivity index (χ0) is 37.8. The van der Waals surface area contributed by atoms with E-state index in [1.54, 1.807) is 0 Å². The third-order valence-electron chi connectivity index (χ3n) is 11.1. The van der Waals surface area contributed by atoms with Crippen LogP contribution in [0.4, 0.5) is 0 Å². The predicted octanol–water partition coefficient (Wildman–Crippen LogP) is 15.3. The smallest absolute Gasteiger partial charge is 0.159 e. The molecule has 270 valence electrons. The Hall–Kier alpha value is -6.11. The number of furan rings is 1. The summed E-state index contributed by atoms with van der Waals surface area (Å²) in [5, 5.41) is 7.17. The molecule has 0 saturated heterocycles. The van der Waals surface area contributed by atoms with E-state index < -0.39 is 0 Å². The lowest BCUT2D eigenvalue weighted by atomic mass is 10.0. The van der Waals surface area contributed by atoms with E-state index in [0.29, 0.717) is 0 Å². The van der Waals surface area contributed by atoms with Crippen molar-refractivity contribution >= 4 is 88.1 Å². The van der Waals surface area contributed by atoms with Crippen LogP contribution in [0.1, 0.15) is 20.3 Å². The first kappa shape index (κ1) is 34.4. The first-order valence-corrected chi connectivity index (χ1v) is 20.6. The van der Waals surface area contributed by atoms with Crippen molar-refractivity contribution in [3.05, 3.63) is 182 Å². The Morgan fingerprint density at radius 3 is 1.57 bits per heavy atom. The lowest BCUT2D eigenvalue weighted by Crippen LogP contribution is -1.94. The van der Waals surface area contributed by atoms with Gasteiger partial charge in [-0.15, -0.1) is 0 Å². The number of benzene rings is 8. The molecule has 0 amide bonds. The first-order valence-electron chi connectivity index (χ1n) is 19.3. The van der Waals surface area contributed by atoms with Gasteiger partial charge in [0, 0.05) is 41.9 Å². The van der Waals surface area contributed by atoms with Gasteiger partial charge in [-0.3, -0.25) is 0 Å². The number of fused-ring (bicyclic) bond motifs is 9. The van der Waals surface area contributed by atoms with Gasteiger partial charge in [-0.1, -0.05) is 152 Å². The predicted molar refractivity (Wildman–Crippen MR) is 247 cm³/mol. The Morgan fingerprint density at radius 2 is 0.929 bits per heavy atom. The van der Waals surface area contributed by atoms with Crippen molar-refractivity contribution in [3.8, 4) is 33.6 Å². The minimum atomic E-state index is 0.854. The number of alkyl halides is 1. The topological polar surface area (TPSA) is 23.0 Å². The highest BCUT2D eigenvalue weighted by Gasteiger charge is 2.19. The van der Waals surface area contributed by atoms with Gasteiger partial charge in [0.2, 0.25) is 0 Å². The van der Waals surface area contributed by atoms with Crippen molar-refractivity contribution in [2.24, 2.45) is 0 Å². The van der Waals surface area contributed by atoms with E-state index in [2.05, 4.69) is 228 Å². The van der Waals surface area contributed by atoms with E-state index in [-0.39, 0.29) is 0 Å². The molecule has 3 heterocycles. The molecular formula is C52H39IN2O. The summed E-state index contributed by atoms with van der Waals surface area (Å²) >= 11 is 2.41. The number of para-hydroxylation sites is 4. The molecule has 0 N–H and O–H groups in total. The minimum Gasteiger partial charge on any atom is -0.454 e. The summed E-state index contributed by atoms with van der Waals surface area (Å²) in [6, 6.07) is 65.4. The molecule has 4 heteroatoms. The maximum atomic E-state index is 6.75. The normalized spacial score (nSPS) is 12.2. The number of hydrogen-bond acceptors (Lipinski definition) is 1. The average Bonchev–Trinajstić information content (AvgIpc) is 3.91. The SMILES string of the molecule is CCC(C)I.c1ccc(-c2ccc3c(c2)c2ccccc2n3-c2cccc3c2oc2ccc(-c4ccc5c(c4)c4ccccc4n5-c4ccccc4)cc23)cc1. The van der Waals surface area contributed by atoms with Gasteiger partial charge < -0.3 is 13.6 Å². The van der Waals surface area contributed by atoms with Gasteiger partial charge in [0.05, 0.1) is 27.8 Å². The molecule has 8 aromatic carbocycles. The highest BCUT2D eigenvalue weighted by Crippen LogP contribution is 2.41. The number of rotatable bonds is 5. The molecule has 1 unspecified atom stereocenters. The van der Waals surface area contributed by atoms with Gasteiger partial charge in [-0.25, -0.2) is 0 Å². The summed E-state index contributed by atoms with van der Waals surface area (Å²) in [7, 11) is 0. The molecular weight excluding hydrogens is 795 g/mol. The third kappa shape index (κ3) is 5.79. The van der Waals surface area contributed by atoms with Crippen LogP contribution in [0.25, 0.3) is 99.2 Å². The molecule has 0 fully saturated rings. The van der Waals surface area contributed by atoms with Crippen molar-refractivity contribution in [3.63, 3.8) is 0 Å². The first-order chi connectivity index (χ1) is 27.6. The fourth-order valence-corrected chi connectivity index (χ4v) is 8.19. The van der Waals surface area contributed by atoms with E-state index >= 15 is 0 Å². The molecule has 11 rings (SSSR count). The molecule has 3 nitrogen and oxygen atoms in total. The van der Waals surface area contributed by atoms with Crippen LogP contribution in [0.2, 0.25) is 0 Å². The lowest BCUT2D eigenvalue weighted by molar-refractivity contribution is 0.666. The van der Waals surface area contributed by atoms with E-state index in [0.717, 1.165) is 42.6 Å². The number of halogens is 1. The van der Waals surface area contributed by atoms with Crippen molar-refractivity contribution < 1.29 is 4.42 Å². The van der Waals surface area contributed by atoms with E-state index in [4.69, 9.17) is 4.42 Å². The molecule has 0 aliphatic carbocycles. The van der Waals surface area contributed by atoms with Crippen LogP contribution in [0, 0.1) is 0 Å². The second-order valence-corrected chi connectivity index (χ2v) is 16.7. The average molecular weight is 835 g/mol. The Balaban J connectivity index is 0.000000726. The van der Waals surface area contributed by atoms with Crippen LogP contribution in [0.5, 0.6) is 0 Å². The van der Waals surface area contributed by atoms with Gasteiger partial charge in [-0.05, 0) is 95.4 Å². The zero-order valence-corrected chi connectivity index (χ0v) is 33.4. The monoisotopic (exact) mass is 834 g/mol. The molecule has 3 aromatic heterocycles. The molecule has 0 aliphatic heterocycles. The van der Waals surface area contributed by atoms with E-state index in [1.165, 1.54) is 66.9 Å². The summed E-state index contributed by atoms with van der Waals surface area (Å²) in [6.07, 6.45) is 1.29. The molecule has 11 aromatic rings. The highest BCUT2D eigenvalue weighted by atomic mass is 127. The van der Waals surface area contributed by atoms with Crippen LogP contribution in [0.3, 0.4) is 0 Å². The van der Waals surface area contributed by atoms with E-state index in [9.17, 15) is 0 Å². The second kappa shape index (κ2) is 14.2. The molecule has 0 saturated carbocycles. The number of nitrogens with zero attached hydrogens (tertiary/aromatic N) is 2. The fraction of sp³-hybridized carbons (Fsp3) is 0.0769. The van der Waals surface area contributed by atoms with Crippen LogP contribution < -0.4 is 0 Å². The Bertz CT molecular complexity index is 3200. The van der Waals surface area contributed by atoms with Crippen LogP contribution in [0.15, 0.2) is 186 Å². The summed E-state index contributed by atoms with van der Waals surface area (Å²) in [5.74, 6) is 0. The molecule has 0 bridgehead atoms. The second-order valence-electron chi connectivity index (χ2n) is 14.5. The quantitative estimate of drug-likeness (QED) is 0.125. The standard InChI is InChI=1S/C48H30N2O.C4H9I/c1-3-12-31(13-4-1)32-22-26-45-40(28-32)37-17-8-10-20-43(37)50(45)46-21-11-18-38-41-30-34(24-27-47(41)51-48(38)46)33-23-25-44-39(29-33)36-16-7-9-19-42(36)49(44)35-14-5-2-6-15-35;1-3-4(2)5/h1-30H;4H,3H2,1-2H3. The highest BCUT2D eigenvalue weighted by molar-refractivity contribution is 14.1. The van der Waals surface area contributed by atoms with Gasteiger partial charge in [-0.2, -0.15) is 0 Å². The van der Waals surface area contributed by atoms with Crippen molar-refractivity contribution in [1.82, 2.24) is 9.13 Å². The van der Waals surface area contributed by atoms with Crippen LogP contribution >= 0.6 is 22.6 Å². The summed E-state index contributed by atoms with van der Waals surface area (Å²) < 4.78 is 12.3. The van der Waals surface area contributed by atoms with Gasteiger partial charge in [0.15, 0.2) is 5.58 Å². The largest absolute Gasteiger partial charge is 0.454 e. The Kier molecular flexibility index (Phi) is 8.71. The third-order valence-corrected chi connectivity index (χ3v) is 12.0. The minimum absolute atomic E-state index is 0.854. The number of aromatic nitrogens is 2. The maximum absolute atomic E-state index is 6.75. The molecule has 0 radical (unpaired) electrons. The number of hydrogen-bond donors (Lipinski definition) is 0. The van der Waals surface area contributed by atoms with Crippen LogP contribution in [-0.2, 0) is 0 Å². The fourth-order valence-electron chi connectivity index (χ4n) is 8.19. The molecule has 56 heavy (non-hydrogen) atoms. The summed E-state index contributed by atoms with van der Waals surface area (Å²) in [5.41, 5.74) is 13.5. The zero-order valence-electron chi connectivity index (χ0n) is 31.3. The Morgan fingerprint density at radius 1 is 0.446 bits per heavy atom. The van der Waals surface area contributed by atoms with Crippen molar-refractivity contribution in [2.45, 2.75) is 24.2 Å². The van der Waals surface area contributed by atoms with E-state index in [1.807, 2.05) is 0 Å². The van der Waals surface area contributed by atoms with Gasteiger partial charge in [0.1, 0.15) is 5.58 Å². The molecule has 0 aliphatic rings. The summed E-state index contributed by atoms with van der Waals surface area (Å²) in [6.45, 7) is 4.40. The van der Waals surface area contributed by atoms with Gasteiger partial charge >= 0.3 is 0 Å². The Labute approximate surface area is 339 Å². The lowest BCUT2D eigenvalue weighted by Gasteiger charge is -2.09. The molecule has 0 spiro atoms. The summed E-state index contributed by atoms with van der Waals surface area (Å²) in [4.78, 5) is 0. The van der Waals surface area contributed by atoms with Crippen molar-refractivity contribution in [1.29, 1.82) is 0 Å².